The van der Waals surface area contributed by atoms with Gasteiger partial charge in [-0.15, -0.1) is 0 Å². The van der Waals surface area contributed by atoms with Crippen LogP contribution < -0.4 is 5.32 Å². The fourth-order valence-electron chi connectivity index (χ4n) is 2.58. The molecule has 0 bridgehead atoms. The molecule has 0 aliphatic heterocycles. The van der Waals surface area contributed by atoms with Gasteiger partial charge >= 0.3 is 0 Å². The summed E-state index contributed by atoms with van der Waals surface area (Å²) in [6, 6.07) is 17.0. The summed E-state index contributed by atoms with van der Waals surface area (Å²) in [6.45, 7) is 3.07. The molecule has 0 aliphatic rings. The molecule has 0 radical (unpaired) electrons. The Morgan fingerprint density at radius 2 is 1.80 bits per heavy atom. The number of rotatable bonds is 6. The van der Waals surface area contributed by atoms with Gasteiger partial charge in [-0.3, -0.25) is 0 Å². The van der Waals surface area contributed by atoms with Crippen LogP contribution in [0.5, 0.6) is 0 Å². The summed E-state index contributed by atoms with van der Waals surface area (Å²) in [5, 5.41) is 4.18. The van der Waals surface area contributed by atoms with Crippen molar-refractivity contribution in [2.75, 3.05) is 13.6 Å². The molecule has 0 aromatic heterocycles. The number of halogens is 1. The van der Waals surface area contributed by atoms with Crippen molar-refractivity contribution in [3.05, 3.63) is 70.2 Å². The molecule has 2 aromatic carbocycles. The van der Waals surface area contributed by atoms with Crippen molar-refractivity contribution in [1.29, 1.82) is 0 Å². The van der Waals surface area contributed by atoms with Gasteiger partial charge in [0.2, 0.25) is 0 Å². The largest absolute Gasteiger partial charge is 0.319 e. The highest BCUT2D eigenvalue weighted by atomic mass is 35.5. The Balaban J connectivity index is 2.09. The van der Waals surface area contributed by atoms with E-state index in [1.807, 2.05) is 7.05 Å². The third-order valence-corrected chi connectivity index (χ3v) is 3.93. The third kappa shape index (κ3) is 4.36. The maximum absolute atomic E-state index is 6.36. The summed E-state index contributed by atoms with van der Waals surface area (Å²) in [7, 11) is 2.01. The van der Waals surface area contributed by atoms with E-state index < -0.39 is 0 Å². The molecule has 0 amide bonds. The zero-order valence-corrected chi connectivity index (χ0v) is 13.0. The minimum Gasteiger partial charge on any atom is -0.319 e. The van der Waals surface area contributed by atoms with Crippen molar-refractivity contribution < 1.29 is 0 Å². The van der Waals surface area contributed by atoms with Gasteiger partial charge in [0.05, 0.1) is 0 Å². The maximum Gasteiger partial charge on any atom is 0.0440 e. The van der Waals surface area contributed by atoms with Crippen LogP contribution in [0.4, 0.5) is 0 Å². The highest BCUT2D eigenvalue weighted by Crippen LogP contribution is 2.22. The summed E-state index contributed by atoms with van der Waals surface area (Å²) in [5.41, 5.74) is 3.84. The Bertz CT molecular complexity index is 536. The third-order valence-electron chi connectivity index (χ3n) is 3.58. The topological polar surface area (TPSA) is 12.0 Å². The summed E-state index contributed by atoms with van der Waals surface area (Å²) in [6.07, 6.45) is 2.08. The van der Waals surface area contributed by atoms with Gasteiger partial charge in [0.25, 0.3) is 0 Å². The molecule has 20 heavy (non-hydrogen) atoms. The first kappa shape index (κ1) is 15.1. The Kier molecular flexibility index (Phi) is 5.63. The lowest BCUT2D eigenvalue weighted by atomic mass is 9.92. The first-order valence-electron chi connectivity index (χ1n) is 7.12. The SMILES string of the molecule is CNCC(Cc1ccccc1)Cc1ccc(C)cc1Cl. The molecular weight excluding hydrogens is 266 g/mol. The second-order valence-corrected chi connectivity index (χ2v) is 5.82. The highest BCUT2D eigenvalue weighted by molar-refractivity contribution is 6.31. The predicted octanol–water partition coefficient (Wildman–Crippen LogP) is 4.27. The van der Waals surface area contributed by atoms with Crippen LogP contribution >= 0.6 is 11.6 Å². The normalized spacial score (nSPS) is 12.3. The fourth-order valence-corrected chi connectivity index (χ4v) is 2.89. The van der Waals surface area contributed by atoms with Gasteiger partial charge in [-0.25, -0.2) is 0 Å². The van der Waals surface area contributed by atoms with E-state index in [9.17, 15) is 0 Å². The van der Waals surface area contributed by atoms with Gasteiger partial charge in [0, 0.05) is 5.02 Å². The van der Waals surface area contributed by atoms with E-state index in [-0.39, 0.29) is 0 Å². The van der Waals surface area contributed by atoms with Crippen molar-refractivity contribution in [2.24, 2.45) is 5.92 Å². The van der Waals surface area contributed by atoms with Gasteiger partial charge < -0.3 is 5.32 Å². The van der Waals surface area contributed by atoms with E-state index >= 15 is 0 Å². The number of hydrogen-bond donors (Lipinski definition) is 1. The fraction of sp³-hybridized carbons (Fsp3) is 0.333. The van der Waals surface area contributed by atoms with Crippen LogP contribution in [-0.4, -0.2) is 13.6 Å². The monoisotopic (exact) mass is 287 g/mol. The van der Waals surface area contributed by atoms with E-state index in [1.54, 1.807) is 0 Å². The Morgan fingerprint density at radius 3 is 2.45 bits per heavy atom. The second kappa shape index (κ2) is 7.47. The second-order valence-electron chi connectivity index (χ2n) is 5.41. The first-order chi connectivity index (χ1) is 9.69. The van der Waals surface area contributed by atoms with Gasteiger partial charge in [0.1, 0.15) is 0 Å². The molecule has 1 atom stereocenters. The number of benzene rings is 2. The molecule has 0 spiro atoms. The van der Waals surface area contributed by atoms with Crippen LogP contribution in [-0.2, 0) is 12.8 Å². The average molecular weight is 288 g/mol. The molecule has 0 saturated heterocycles. The van der Waals surface area contributed by atoms with Crippen molar-refractivity contribution in [2.45, 2.75) is 19.8 Å². The molecule has 106 valence electrons. The molecular formula is C18H22ClN. The molecule has 0 fully saturated rings. The lowest BCUT2D eigenvalue weighted by molar-refractivity contribution is 0.493. The van der Waals surface area contributed by atoms with Crippen LogP contribution in [0, 0.1) is 12.8 Å². The van der Waals surface area contributed by atoms with Gasteiger partial charge in [0.15, 0.2) is 0 Å². The van der Waals surface area contributed by atoms with E-state index in [0.717, 1.165) is 24.4 Å². The summed E-state index contributed by atoms with van der Waals surface area (Å²) < 4.78 is 0. The van der Waals surface area contributed by atoms with Crippen molar-refractivity contribution in [1.82, 2.24) is 5.32 Å². The molecule has 2 aromatic rings. The van der Waals surface area contributed by atoms with Gasteiger partial charge in [-0.05, 0) is 62.0 Å². The Hall–Kier alpha value is -1.31. The molecule has 0 aliphatic carbocycles. The first-order valence-corrected chi connectivity index (χ1v) is 7.50. The van der Waals surface area contributed by atoms with E-state index in [0.29, 0.717) is 5.92 Å². The van der Waals surface area contributed by atoms with Crippen molar-refractivity contribution >= 4 is 11.6 Å². The number of hydrogen-bond acceptors (Lipinski definition) is 1. The van der Waals surface area contributed by atoms with Crippen LogP contribution in [0.1, 0.15) is 16.7 Å². The summed E-state index contributed by atoms with van der Waals surface area (Å²) in [4.78, 5) is 0. The van der Waals surface area contributed by atoms with Crippen LogP contribution in [0.25, 0.3) is 0 Å². The zero-order valence-electron chi connectivity index (χ0n) is 12.2. The van der Waals surface area contributed by atoms with E-state index in [4.69, 9.17) is 11.6 Å². The molecule has 1 nitrogen and oxygen atoms in total. The minimum atomic E-state index is 0.558. The molecule has 2 heteroatoms. The molecule has 1 N–H and O–H groups in total. The smallest absolute Gasteiger partial charge is 0.0440 e. The zero-order chi connectivity index (χ0) is 14.4. The lowest BCUT2D eigenvalue weighted by Crippen LogP contribution is -2.23. The van der Waals surface area contributed by atoms with Crippen LogP contribution in [0.3, 0.4) is 0 Å². The molecule has 0 saturated carbocycles. The Morgan fingerprint density at radius 1 is 1.05 bits per heavy atom. The number of nitrogens with one attached hydrogen (secondary N) is 1. The quantitative estimate of drug-likeness (QED) is 0.837. The summed E-state index contributed by atoms with van der Waals surface area (Å²) in [5.74, 6) is 0.558. The van der Waals surface area contributed by atoms with Crippen molar-refractivity contribution in [3.63, 3.8) is 0 Å². The number of aryl methyl sites for hydroxylation is 1. The lowest BCUT2D eigenvalue weighted by Gasteiger charge is -2.18. The van der Waals surface area contributed by atoms with Gasteiger partial charge in [-0.1, -0.05) is 54.1 Å². The van der Waals surface area contributed by atoms with E-state index in [2.05, 4.69) is 60.8 Å². The molecule has 1 unspecified atom stereocenters. The van der Waals surface area contributed by atoms with Crippen molar-refractivity contribution in [3.8, 4) is 0 Å². The highest BCUT2D eigenvalue weighted by Gasteiger charge is 2.12. The van der Waals surface area contributed by atoms with E-state index in [1.165, 1.54) is 16.7 Å². The molecule has 2 rings (SSSR count). The average Bonchev–Trinajstić information content (AvgIpc) is 2.43. The minimum absolute atomic E-state index is 0.558. The van der Waals surface area contributed by atoms with Crippen LogP contribution in [0.15, 0.2) is 48.5 Å². The standard InChI is InChI=1S/C18H22ClN/c1-14-8-9-17(18(19)10-14)12-16(13-20-2)11-15-6-4-3-5-7-15/h3-10,16,20H,11-13H2,1-2H3. The predicted molar refractivity (Wildman–Crippen MR) is 87.5 cm³/mol. The summed E-state index contributed by atoms with van der Waals surface area (Å²) >= 11 is 6.36. The maximum atomic E-state index is 6.36. The Labute approximate surface area is 127 Å². The van der Waals surface area contributed by atoms with Crippen LogP contribution in [0.2, 0.25) is 5.02 Å². The molecule has 0 heterocycles. The van der Waals surface area contributed by atoms with Gasteiger partial charge in [-0.2, -0.15) is 0 Å².